The van der Waals surface area contributed by atoms with E-state index in [1.54, 1.807) is 24.5 Å². The van der Waals surface area contributed by atoms with E-state index in [4.69, 9.17) is 9.72 Å². The van der Waals surface area contributed by atoms with Gasteiger partial charge in [-0.15, -0.1) is 11.3 Å². The van der Waals surface area contributed by atoms with Crippen molar-refractivity contribution >= 4 is 38.3 Å². The molecule has 4 nitrogen and oxygen atoms in total. The van der Waals surface area contributed by atoms with Gasteiger partial charge in [0.15, 0.2) is 5.13 Å². The number of thiazole rings is 1. The summed E-state index contributed by atoms with van der Waals surface area (Å²) in [5.41, 5.74) is 5.05. The third-order valence-corrected chi connectivity index (χ3v) is 6.26. The monoisotopic (exact) mass is 428 g/mol. The van der Waals surface area contributed by atoms with Crippen LogP contribution in [-0.2, 0) is 12.8 Å². The summed E-state index contributed by atoms with van der Waals surface area (Å²) in [5, 5.41) is 3.57. The molecule has 0 atom stereocenters. The standard InChI is InChI=1S/C20H17BrN2O2S/c1-11-9-14-12(10-16(11)25-2)7-8-17-18(14)22-20(26-17)23-19(24)13-5-3-4-6-15(13)21/h3-6,9-10H,7-8H2,1-2H3,(H,22,23,24). The number of carbonyl (C=O) groups is 1. The summed E-state index contributed by atoms with van der Waals surface area (Å²) in [6.45, 7) is 2.04. The minimum atomic E-state index is -0.158. The number of amides is 1. The van der Waals surface area contributed by atoms with Crippen LogP contribution in [0.2, 0.25) is 0 Å². The van der Waals surface area contributed by atoms with Gasteiger partial charge in [-0.1, -0.05) is 12.1 Å². The Labute approximate surface area is 164 Å². The van der Waals surface area contributed by atoms with Gasteiger partial charge in [0.2, 0.25) is 0 Å². The molecule has 0 radical (unpaired) electrons. The Hall–Kier alpha value is -2.18. The van der Waals surface area contributed by atoms with Gasteiger partial charge in [-0.2, -0.15) is 0 Å². The molecule has 1 heterocycles. The van der Waals surface area contributed by atoms with Crippen molar-refractivity contribution in [1.29, 1.82) is 0 Å². The van der Waals surface area contributed by atoms with Crippen molar-refractivity contribution < 1.29 is 9.53 Å². The number of hydrogen-bond donors (Lipinski definition) is 1. The Balaban J connectivity index is 1.66. The molecule has 0 saturated heterocycles. The summed E-state index contributed by atoms with van der Waals surface area (Å²) in [6.07, 6.45) is 1.88. The molecule has 26 heavy (non-hydrogen) atoms. The van der Waals surface area contributed by atoms with Gasteiger partial charge in [-0.3, -0.25) is 10.1 Å². The molecule has 0 spiro atoms. The van der Waals surface area contributed by atoms with Gasteiger partial charge >= 0.3 is 0 Å². The van der Waals surface area contributed by atoms with Gasteiger partial charge in [-0.25, -0.2) is 4.98 Å². The number of aromatic nitrogens is 1. The molecule has 2 aromatic carbocycles. The number of ether oxygens (including phenoxy) is 1. The normalized spacial score (nSPS) is 12.3. The molecule has 0 aliphatic heterocycles. The summed E-state index contributed by atoms with van der Waals surface area (Å²) < 4.78 is 6.21. The van der Waals surface area contributed by atoms with Crippen LogP contribution >= 0.6 is 27.3 Å². The summed E-state index contributed by atoms with van der Waals surface area (Å²) >= 11 is 4.97. The molecule has 0 fully saturated rings. The van der Waals surface area contributed by atoms with Crippen LogP contribution in [0.4, 0.5) is 5.13 Å². The summed E-state index contributed by atoms with van der Waals surface area (Å²) in [5.74, 6) is 0.750. The molecule has 1 N–H and O–H groups in total. The van der Waals surface area contributed by atoms with Crippen molar-refractivity contribution in [1.82, 2.24) is 4.98 Å². The number of nitrogens with one attached hydrogen (secondary N) is 1. The summed E-state index contributed by atoms with van der Waals surface area (Å²) in [6, 6.07) is 11.6. The number of halogens is 1. The van der Waals surface area contributed by atoms with Crippen LogP contribution in [-0.4, -0.2) is 18.0 Å². The van der Waals surface area contributed by atoms with Gasteiger partial charge < -0.3 is 4.74 Å². The molecule has 4 rings (SSSR count). The predicted molar refractivity (Wildman–Crippen MR) is 108 cm³/mol. The van der Waals surface area contributed by atoms with E-state index >= 15 is 0 Å². The molecule has 1 aliphatic rings. The van der Waals surface area contributed by atoms with Crippen LogP contribution < -0.4 is 10.1 Å². The first-order valence-corrected chi connectivity index (χ1v) is 9.91. The highest BCUT2D eigenvalue weighted by atomic mass is 79.9. The molecular formula is C20H17BrN2O2S. The van der Waals surface area contributed by atoms with Gasteiger partial charge in [-0.05, 0) is 71.1 Å². The van der Waals surface area contributed by atoms with Crippen molar-refractivity contribution in [3.8, 4) is 17.0 Å². The SMILES string of the molecule is COc1cc2c(cc1C)-c1nc(NC(=O)c3ccccc3Br)sc1CC2. The highest BCUT2D eigenvalue weighted by Crippen LogP contribution is 2.40. The zero-order chi connectivity index (χ0) is 18.3. The molecule has 0 saturated carbocycles. The molecule has 1 aromatic heterocycles. The van der Waals surface area contributed by atoms with E-state index in [0.29, 0.717) is 10.7 Å². The quantitative estimate of drug-likeness (QED) is 0.620. The van der Waals surface area contributed by atoms with E-state index in [0.717, 1.165) is 39.9 Å². The van der Waals surface area contributed by atoms with E-state index in [9.17, 15) is 4.79 Å². The number of hydrogen-bond acceptors (Lipinski definition) is 4. The van der Waals surface area contributed by atoms with Crippen molar-refractivity contribution in [3.63, 3.8) is 0 Å². The zero-order valence-corrected chi connectivity index (χ0v) is 16.8. The third kappa shape index (κ3) is 3.04. The van der Waals surface area contributed by atoms with E-state index in [1.165, 1.54) is 10.4 Å². The fourth-order valence-corrected chi connectivity index (χ4v) is 4.66. The molecule has 132 valence electrons. The lowest BCUT2D eigenvalue weighted by Gasteiger charge is -2.17. The van der Waals surface area contributed by atoms with E-state index in [-0.39, 0.29) is 5.91 Å². The molecule has 0 unspecified atom stereocenters. The van der Waals surface area contributed by atoms with Crippen LogP contribution in [0.5, 0.6) is 5.75 Å². The Morgan fingerprint density at radius 3 is 2.85 bits per heavy atom. The number of benzene rings is 2. The Kier molecular flexibility index (Phi) is 4.54. The topological polar surface area (TPSA) is 51.2 Å². The second kappa shape index (κ2) is 6.85. The van der Waals surface area contributed by atoms with Crippen LogP contribution in [0, 0.1) is 6.92 Å². The number of nitrogens with zero attached hydrogens (tertiary/aromatic N) is 1. The van der Waals surface area contributed by atoms with Gasteiger partial charge in [0.25, 0.3) is 5.91 Å². The largest absolute Gasteiger partial charge is 0.496 e. The molecule has 1 aliphatic carbocycles. The number of carbonyl (C=O) groups excluding carboxylic acids is 1. The Morgan fingerprint density at radius 2 is 2.08 bits per heavy atom. The van der Waals surface area contributed by atoms with E-state index in [2.05, 4.69) is 33.4 Å². The first kappa shape index (κ1) is 17.2. The highest BCUT2D eigenvalue weighted by molar-refractivity contribution is 9.10. The van der Waals surface area contributed by atoms with Gasteiger partial charge in [0, 0.05) is 14.9 Å². The third-order valence-electron chi connectivity index (χ3n) is 4.53. The van der Waals surface area contributed by atoms with E-state index < -0.39 is 0 Å². The maximum absolute atomic E-state index is 12.5. The predicted octanol–water partition coefficient (Wildman–Crippen LogP) is 5.24. The first-order chi connectivity index (χ1) is 12.6. The van der Waals surface area contributed by atoms with Crippen LogP contribution in [0.25, 0.3) is 11.3 Å². The average Bonchev–Trinajstić information content (AvgIpc) is 3.04. The van der Waals surface area contributed by atoms with Crippen molar-refractivity contribution in [2.45, 2.75) is 19.8 Å². The lowest BCUT2D eigenvalue weighted by Crippen LogP contribution is -2.12. The number of aryl methyl sites for hydroxylation is 3. The number of fused-ring (bicyclic) bond motifs is 3. The van der Waals surface area contributed by atoms with Crippen LogP contribution in [0.1, 0.15) is 26.4 Å². The number of rotatable bonds is 3. The Morgan fingerprint density at radius 1 is 1.27 bits per heavy atom. The average molecular weight is 429 g/mol. The van der Waals surface area contributed by atoms with Crippen LogP contribution in [0.3, 0.4) is 0 Å². The molecule has 1 amide bonds. The molecule has 6 heteroatoms. The van der Waals surface area contributed by atoms with Crippen molar-refractivity contribution in [2.24, 2.45) is 0 Å². The maximum atomic E-state index is 12.5. The second-order valence-corrected chi connectivity index (χ2v) is 8.14. The second-order valence-electron chi connectivity index (χ2n) is 6.20. The highest BCUT2D eigenvalue weighted by Gasteiger charge is 2.23. The lowest BCUT2D eigenvalue weighted by atomic mass is 9.91. The summed E-state index contributed by atoms with van der Waals surface area (Å²) in [4.78, 5) is 18.5. The first-order valence-electron chi connectivity index (χ1n) is 8.30. The molecular weight excluding hydrogens is 412 g/mol. The minimum absolute atomic E-state index is 0.158. The van der Waals surface area contributed by atoms with Crippen LogP contribution in [0.15, 0.2) is 40.9 Å². The van der Waals surface area contributed by atoms with Gasteiger partial charge in [0.1, 0.15) is 5.75 Å². The fraction of sp³-hybridized carbons (Fsp3) is 0.200. The fourth-order valence-electron chi connectivity index (χ4n) is 3.22. The number of anilines is 1. The molecule has 3 aromatic rings. The lowest BCUT2D eigenvalue weighted by molar-refractivity contribution is 0.102. The van der Waals surface area contributed by atoms with Crippen molar-refractivity contribution in [2.75, 3.05) is 12.4 Å². The maximum Gasteiger partial charge on any atom is 0.258 e. The number of methoxy groups -OCH3 is 1. The van der Waals surface area contributed by atoms with Gasteiger partial charge in [0.05, 0.1) is 18.4 Å². The molecule has 0 bridgehead atoms. The van der Waals surface area contributed by atoms with E-state index in [1.807, 2.05) is 25.1 Å². The zero-order valence-electron chi connectivity index (χ0n) is 14.4. The Bertz CT molecular complexity index is 1010. The van der Waals surface area contributed by atoms with Crippen molar-refractivity contribution in [3.05, 3.63) is 62.4 Å². The smallest absolute Gasteiger partial charge is 0.258 e. The summed E-state index contributed by atoms with van der Waals surface area (Å²) in [7, 11) is 1.70. The minimum Gasteiger partial charge on any atom is -0.496 e.